The average Bonchev–Trinajstić information content (AvgIpc) is 3.06. The summed E-state index contributed by atoms with van der Waals surface area (Å²) in [6.07, 6.45) is 0. The van der Waals surface area contributed by atoms with Gasteiger partial charge in [0.2, 0.25) is 5.89 Å². The van der Waals surface area contributed by atoms with Crippen molar-refractivity contribution in [1.29, 1.82) is 0 Å². The van der Waals surface area contributed by atoms with Crippen molar-refractivity contribution in [3.63, 3.8) is 0 Å². The molecule has 0 bridgehead atoms. The second-order valence-corrected chi connectivity index (χ2v) is 6.05. The lowest BCUT2D eigenvalue weighted by atomic mass is 10.1. The minimum Gasteiger partial charge on any atom is -0.458 e. The molecule has 1 amide bonds. The number of carbonyl (C=O) groups excluding carboxylic acids is 2. The summed E-state index contributed by atoms with van der Waals surface area (Å²) < 4.78 is 10.8. The highest BCUT2D eigenvalue weighted by molar-refractivity contribution is 5.97. The van der Waals surface area contributed by atoms with Crippen molar-refractivity contribution in [2.75, 3.05) is 6.54 Å². The van der Waals surface area contributed by atoms with Crippen LogP contribution in [-0.4, -0.2) is 23.4 Å². The zero-order valence-corrected chi connectivity index (χ0v) is 15.2. The van der Waals surface area contributed by atoms with E-state index in [1.807, 2.05) is 49.4 Å². The zero-order chi connectivity index (χ0) is 19.2. The van der Waals surface area contributed by atoms with Gasteiger partial charge >= 0.3 is 5.97 Å². The van der Waals surface area contributed by atoms with Crippen LogP contribution < -0.4 is 5.32 Å². The smallest absolute Gasteiger partial charge is 0.325 e. The van der Waals surface area contributed by atoms with Crippen molar-refractivity contribution in [2.24, 2.45) is 0 Å². The van der Waals surface area contributed by atoms with Crippen LogP contribution in [0.5, 0.6) is 0 Å². The van der Waals surface area contributed by atoms with E-state index < -0.39 is 5.97 Å². The van der Waals surface area contributed by atoms with E-state index in [0.717, 1.165) is 11.1 Å². The lowest BCUT2D eigenvalue weighted by Crippen LogP contribution is -2.31. The first-order chi connectivity index (χ1) is 13.0. The molecule has 6 nitrogen and oxygen atoms in total. The Labute approximate surface area is 157 Å². The normalized spacial score (nSPS) is 10.4. The highest BCUT2D eigenvalue weighted by Crippen LogP contribution is 2.21. The lowest BCUT2D eigenvalue weighted by Gasteiger charge is -2.07. The van der Waals surface area contributed by atoms with Crippen LogP contribution in [0.15, 0.2) is 59.0 Å². The number of amides is 1. The van der Waals surface area contributed by atoms with E-state index in [1.54, 1.807) is 19.1 Å². The van der Waals surface area contributed by atoms with Gasteiger partial charge in [-0.2, -0.15) is 0 Å². The highest BCUT2D eigenvalue weighted by Gasteiger charge is 2.14. The maximum absolute atomic E-state index is 12.1. The second-order valence-electron chi connectivity index (χ2n) is 6.05. The molecule has 2 aromatic carbocycles. The van der Waals surface area contributed by atoms with Crippen LogP contribution in [0, 0.1) is 13.8 Å². The topological polar surface area (TPSA) is 81.4 Å². The predicted octanol–water partition coefficient (Wildman–Crippen LogP) is 3.43. The Hall–Kier alpha value is -3.41. The summed E-state index contributed by atoms with van der Waals surface area (Å²) in [5.41, 5.74) is 2.77. The molecule has 0 aliphatic carbocycles. The fraction of sp³-hybridized carbons (Fsp3) is 0.190. The number of oxazole rings is 1. The van der Waals surface area contributed by atoms with Crippen molar-refractivity contribution in [1.82, 2.24) is 10.3 Å². The molecule has 1 aromatic heterocycles. The van der Waals surface area contributed by atoms with Gasteiger partial charge in [-0.3, -0.25) is 9.59 Å². The summed E-state index contributed by atoms with van der Waals surface area (Å²) in [4.78, 5) is 28.4. The number of aromatic nitrogens is 1. The molecule has 0 atom stereocenters. The Morgan fingerprint density at radius 1 is 1.04 bits per heavy atom. The minimum atomic E-state index is -0.541. The summed E-state index contributed by atoms with van der Waals surface area (Å²) in [5, 5.41) is 2.56. The van der Waals surface area contributed by atoms with Gasteiger partial charge in [0.1, 0.15) is 24.6 Å². The van der Waals surface area contributed by atoms with Gasteiger partial charge in [0.15, 0.2) is 0 Å². The highest BCUT2D eigenvalue weighted by atomic mass is 16.5. The van der Waals surface area contributed by atoms with Crippen molar-refractivity contribution in [2.45, 2.75) is 20.5 Å². The number of hydrogen-bond donors (Lipinski definition) is 1. The quantitative estimate of drug-likeness (QED) is 0.678. The molecule has 0 aliphatic heterocycles. The monoisotopic (exact) mass is 364 g/mol. The molecule has 0 unspecified atom stereocenters. The van der Waals surface area contributed by atoms with E-state index in [2.05, 4.69) is 10.3 Å². The van der Waals surface area contributed by atoms with Gasteiger partial charge in [-0.05, 0) is 37.6 Å². The first-order valence-electron chi connectivity index (χ1n) is 8.56. The molecule has 3 aromatic rings. The Bertz CT molecular complexity index is 948. The maximum Gasteiger partial charge on any atom is 0.325 e. The van der Waals surface area contributed by atoms with E-state index in [4.69, 9.17) is 9.15 Å². The van der Waals surface area contributed by atoms with Gasteiger partial charge in [-0.1, -0.05) is 36.4 Å². The van der Waals surface area contributed by atoms with Crippen LogP contribution in [0.4, 0.5) is 0 Å². The Morgan fingerprint density at radius 3 is 2.48 bits per heavy atom. The third kappa shape index (κ3) is 4.61. The Morgan fingerprint density at radius 2 is 1.74 bits per heavy atom. The van der Waals surface area contributed by atoms with Crippen LogP contribution in [-0.2, 0) is 16.1 Å². The summed E-state index contributed by atoms with van der Waals surface area (Å²) >= 11 is 0. The van der Waals surface area contributed by atoms with Gasteiger partial charge in [0.25, 0.3) is 5.91 Å². The number of hydrogen-bond acceptors (Lipinski definition) is 5. The number of rotatable bonds is 6. The molecule has 1 heterocycles. The molecule has 138 valence electrons. The first-order valence-corrected chi connectivity index (χ1v) is 8.56. The molecule has 0 spiro atoms. The van der Waals surface area contributed by atoms with Crippen LogP contribution in [0.3, 0.4) is 0 Å². The molecule has 1 N–H and O–H groups in total. The van der Waals surface area contributed by atoms with Crippen LogP contribution in [0.2, 0.25) is 0 Å². The van der Waals surface area contributed by atoms with Gasteiger partial charge in [0.05, 0.1) is 0 Å². The molecule has 6 heteroatoms. The van der Waals surface area contributed by atoms with Crippen LogP contribution in [0.25, 0.3) is 11.5 Å². The van der Waals surface area contributed by atoms with Crippen LogP contribution in [0.1, 0.15) is 27.4 Å². The lowest BCUT2D eigenvalue weighted by molar-refractivity contribution is -0.143. The standard InChI is InChI=1S/C21H20N2O4/c1-14-8-6-7-11-17(14)20(25)22-12-19(24)26-13-18-15(2)27-21(23-18)16-9-4-3-5-10-16/h3-11H,12-13H2,1-2H3,(H,22,25). The van der Waals surface area contributed by atoms with E-state index in [9.17, 15) is 9.59 Å². The van der Waals surface area contributed by atoms with E-state index in [-0.39, 0.29) is 19.1 Å². The fourth-order valence-corrected chi connectivity index (χ4v) is 2.54. The SMILES string of the molecule is Cc1ccccc1C(=O)NCC(=O)OCc1nc(-c2ccccc2)oc1C. The van der Waals surface area contributed by atoms with Crippen molar-refractivity contribution in [3.8, 4) is 11.5 Å². The van der Waals surface area contributed by atoms with Crippen molar-refractivity contribution >= 4 is 11.9 Å². The first kappa shape index (κ1) is 18.4. The fourth-order valence-electron chi connectivity index (χ4n) is 2.54. The number of benzene rings is 2. The molecule has 0 aliphatic rings. The zero-order valence-electron chi connectivity index (χ0n) is 15.2. The molecule has 0 saturated heterocycles. The van der Waals surface area contributed by atoms with E-state index >= 15 is 0 Å². The second kappa shape index (κ2) is 8.31. The summed E-state index contributed by atoms with van der Waals surface area (Å²) in [6, 6.07) is 16.7. The van der Waals surface area contributed by atoms with Gasteiger partial charge in [-0.25, -0.2) is 4.98 Å². The molecular weight excluding hydrogens is 344 g/mol. The molecule has 27 heavy (non-hydrogen) atoms. The number of ether oxygens (including phenoxy) is 1. The molecule has 3 rings (SSSR count). The number of nitrogens with one attached hydrogen (secondary N) is 1. The molecule has 0 fully saturated rings. The third-order valence-corrected chi connectivity index (χ3v) is 4.07. The summed E-state index contributed by atoms with van der Waals surface area (Å²) in [5.74, 6) is 0.215. The van der Waals surface area contributed by atoms with Gasteiger partial charge in [0, 0.05) is 11.1 Å². The summed E-state index contributed by atoms with van der Waals surface area (Å²) in [6.45, 7) is 3.38. The largest absolute Gasteiger partial charge is 0.458 e. The molecule has 0 saturated carbocycles. The molecular formula is C21H20N2O4. The average molecular weight is 364 g/mol. The Balaban J connectivity index is 1.53. The minimum absolute atomic E-state index is 0.0127. The van der Waals surface area contributed by atoms with Crippen LogP contribution >= 0.6 is 0 Å². The Kier molecular flexibility index (Phi) is 5.66. The predicted molar refractivity (Wildman–Crippen MR) is 100.0 cm³/mol. The van der Waals surface area contributed by atoms with Crippen molar-refractivity contribution < 1.29 is 18.7 Å². The maximum atomic E-state index is 12.1. The number of carbonyl (C=O) groups is 2. The van der Waals surface area contributed by atoms with Gasteiger partial charge in [-0.15, -0.1) is 0 Å². The molecule has 0 radical (unpaired) electrons. The van der Waals surface area contributed by atoms with E-state index in [1.165, 1.54) is 0 Å². The number of nitrogens with zero attached hydrogens (tertiary/aromatic N) is 1. The summed E-state index contributed by atoms with van der Waals surface area (Å²) in [7, 11) is 0. The number of esters is 1. The number of aryl methyl sites for hydroxylation is 2. The third-order valence-electron chi connectivity index (χ3n) is 4.07. The van der Waals surface area contributed by atoms with Crippen molar-refractivity contribution in [3.05, 3.63) is 77.2 Å². The van der Waals surface area contributed by atoms with Gasteiger partial charge < -0.3 is 14.5 Å². The van der Waals surface area contributed by atoms with E-state index in [0.29, 0.717) is 22.9 Å².